The van der Waals surface area contributed by atoms with Crippen LogP contribution >= 0.6 is 11.3 Å². The summed E-state index contributed by atoms with van der Waals surface area (Å²) in [6.07, 6.45) is 1.16. The van der Waals surface area contributed by atoms with Crippen molar-refractivity contribution in [1.29, 1.82) is 0 Å². The van der Waals surface area contributed by atoms with Gasteiger partial charge in [-0.2, -0.15) is 0 Å². The minimum Gasteiger partial charge on any atom is -0.298 e. The molecule has 5 aromatic rings. The molecule has 2 heterocycles. The molecule has 5 rings (SSSR count). The molecule has 0 aliphatic rings. The van der Waals surface area contributed by atoms with Crippen LogP contribution in [0.15, 0.2) is 77.7 Å². The number of nitrogens with zero attached hydrogens (tertiary/aromatic N) is 2. The van der Waals surface area contributed by atoms with Crippen molar-refractivity contribution in [2.45, 2.75) is 11.8 Å². The Labute approximate surface area is 194 Å². The number of sulfone groups is 1. The van der Waals surface area contributed by atoms with Crippen molar-refractivity contribution >= 4 is 53.3 Å². The quantitative estimate of drug-likeness (QED) is 0.374. The van der Waals surface area contributed by atoms with Crippen LogP contribution < -0.4 is 5.32 Å². The molecule has 0 fully saturated rings. The van der Waals surface area contributed by atoms with E-state index in [2.05, 4.69) is 10.3 Å². The molecular weight excluding hydrogens is 454 g/mol. The van der Waals surface area contributed by atoms with Gasteiger partial charge in [0.25, 0.3) is 5.91 Å². The molecule has 8 heteroatoms. The number of hydrogen-bond acceptors (Lipinski definition) is 6. The van der Waals surface area contributed by atoms with Gasteiger partial charge >= 0.3 is 0 Å². The lowest BCUT2D eigenvalue weighted by Gasteiger charge is -2.10. The van der Waals surface area contributed by atoms with Gasteiger partial charge < -0.3 is 0 Å². The van der Waals surface area contributed by atoms with Gasteiger partial charge in [-0.1, -0.05) is 53.3 Å². The average molecular weight is 474 g/mol. The lowest BCUT2D eigenvalue weighted by atomic mass is 10.0. The highest BCUT2D eigenvalue weighted by Crippen LogP contribution is 2.30. The van der Waals surface area contributed by atoms with Crippen molar-refractivity contribution < 1.29 is 13.2 Å². The number of hydrogen-bond donors (Lipinski definition) is 1. The van der Waals surface area contributed by atoms with E-state index in [1.54, 1.807) is 18.2 Å². The molecule has 0 aliphatic heterocycles. The molecule has 0 bridgehead atoms. The maximum Gasteiger partial charge on any atom is 0.258 e. The van der Waals surface area contributed by atoms with Crippen LogP contribution in [0.5, 0.6) is 0 Å². The zero-order valence-corrected chi connectivity index (χ0v) is 19.5. The maximum absolute atomic E-state index is 13.3. The number of anilines is 1. The zero-order chi connectivity index (χ0) is 23.2. The van der Waals surface area contributed by atoms with Crippen LogP contribution in [-0.4, -0.2) is 30.5 Å². The first-order valence-electron chi connectivity index (χ1n) is 10.2. The van der Waals surface area contributed by atoms with Gasteiger partial charge in [-0.15, -0.1) is 0 Å². The molecule has 6 nitrogen and oxygen atoms in total. The smallest absolute Gasteiger partial charge is 0.258 e. The van der Waals surface area contributed by atoms with Gasteiger partial charge in [0.15, 0.2) is 15.0 Å². The fourth-order valence-electron chi connectivity index (χ4n) is 3.67. The SMILES string of the molecule is Cc1cccc(-c2cc(C(=O)Nc3nc4ccc(S(C)(=O)=O)cc4s3)c3ccccc3n2)c1. The van der Waals surface area contributed by atoms with Gasteiger partial charge in [0.1, 0.15) is 0 Å². The summed E-state index contributed by atoms with van der Waals surface area (Å²) in [5.74, 6) is -0.301. The van der Waals surface area contributed by atoms with Gasteiger partial charge in [-0.25, -0.2) is 18.4 Å². The van der Waals surface area contributed by atoms with Gasteiger partial charge in [-0.3, -0.25) is 10.1 Å². The van der Waals surface area contributed by atoms with E-state index in [0.29, 0.717) is 26.6 Å². The van der Waals surface area contributed by atoms with Crippen molar-refractivity contribution in [1.82, 2.24) is 9.97 Å². The molecule has 0 aliphatic carbocycles. The second kappa shape index (κ2) is 8.06. The monoisotopic (exact) mass is 473 g/mol. The predicted octanol–water partition coefficient (Wildman–Crippen LogP) is 5.48. The summed E-state index contributed by atoms with van der Waals surface area (Å²) in [6.45, 7) is 2.01. The third-order valence-corrected chi connectivity index (χ3v) is 7.33. The summed E-state index contributed by atoms with van der Waals surface area (Å²) >= 11 is 1.24. The highest BCUT2D eigenvalue weighted by Gasteiger charge is 2.17. The van der Waals surface area contributed by atoms with Gasteiger partial charge in [-0.05, 0) is 43.3 Å². The Bertz CT molecular complexity index is 1660. The minimum atomic E-state index is -3.33. The first-order valence-corrected chi connectivity index (χ1v) is 12.9. The van der Waals surface area contributed by atoms with E-state index in [1.807, 2.05) is 55.5 Å². The Kier molecular flexibility index (Phi) is 5.19. The number of amides is 1. The Morgan fingerprint density at radius 2 is 1.73 bits per heavy atom. The summed E-state index contributed by atoms with van der Waals surface area (Å²) in [4.78, 5) is 22.7. The molecule has 0 saturated heterocycles. The first-order chi connectivity index (χ1) is 15.8. The maximum atomic E-state index is 13.3. The number of para-hydroxylation sites is 1. The van der Waals surface area contributed by atoms with Crippen molar-refractivity contribution in [3.05, 3.63) is 83.9 Å². The molecule has 0 radical (unpaired) electrons. The van der Waals surface area contributed by atoms with Gasteiger partial charge in [0.05, 0.1) is 31.9 Å². The van der Waals surface area contributed by atoms with Crippen LogP contribution in [0.25, 0.3) is 32.4 Å². The normalized spacial score (nSPS) is 11.7. The van der Waals surface area contributed by atoms with E-state index in [1.165, 1.54) is 17.4 Å². The molecule has 0 saturated carbocycles. The Morgan fingerprint density at radius 1 is 0.909 bits per heavy atom. The molecule has 1 N–H and O–H groups in total. The van der Waals surface area contributed by atoms with Crippen molar-refractivity contribution in [3.63, 3.8) is 0 Å². The third-order valence-electron chi connectivity index (χ3n) is 5.28. The molecule has 33 heavy (non-hydrogen) atoms. The van der Waals surface area contributed by atoms with E-state index in [-0.39, 0.29) is 10.8 Å². The topological polar surface area (TPSA) is 89.0 Å². The van der Waals surface area contributed by atoms with Crippen molar-refractivity contribution in [3.8, 4) is 11.3 Å². The minimum absolute atomic E-state index is 0.222. The number of pyridine rings is 1. The van der Waals surface area contributed by atoms with Crippen molar-refractivity contribution in [2.24, 2.45) is 0 Å². The predicted molar refractivity (Wildman–Crippen MR) is 133 cm³/mol. The summed E-state index contributed by atoms with van der Waals surface area (Å²) in [6, 6.07) is 22.0. The largest absolute Gasteiger partial charge is 0.298 e. The molecule has 0 atom stereocenters. The Morgan fingerprint density at radius 3 is 2.52 bits per heavy atom. The number of benzene rings is 3. The molecule has 2 aromatic heterocycles. The molecule has 1 amide bonds. The fraction of sp³-hybridized carbons (Fsp3) is 0.0800. The van der Waals surface area contributed by atoms with Crippen LogP contribution in [0.4, 0.5) is 5.13 Å². The highest BCUT2D eigenvalue weighted by atomic mass is 32.2. The molecular formula is C25H19N3O3S2. The second-order valence-electron chi connectivity index (χ2n) is 7.82. The van der Waals surface area contributed by atoms with E-state index in [0.717, 1.165) is 28.3 Å². The lowest BCUT2D eigenvalue weighted by Crippen LogP contribution is -2.13. The summed E-state index contributed by atoms with van der Waals surface area (Å²) < 4.78 is 24.4. The number of carbonyl (C=O) groups is 1. The lowest BCUT2D eigenvalue weighted by molar-refractivity contribution is 0.102. The average Bonchev–Trinajstić information content (AvgIpc) is 3.19. The number of aryl methyl sites for hydroxylation is 1. The van der Waals surface area contributed by atoms with E-state index < -0.39 is 9.84 Å². The molecule has 3 aromatic carbocycles. The standard InChI is InChI=1S/C25H19N3O3S2/c1-15-6-5-7-16(12-15)22-14-19(18-8-3-4-9-20(18)26-22)24(29)28-25-27-21-11-10-17(33(2,30)31)13-23(21)32-25/h3-14H,1-2H3,(H,27,28,29). The number of aromatic nitrogens is 2. The number of thiazole rings is 1. The fourth-order valence-corrected chi connectivity index (χ4v) is 5.29. The van der Waals surface area contributed by atoms with Gasteiger partial charge in [0.2, 0.25) is 0 Å². The summed E-state index contributed by atoms with van der Waals surface area (Å²) in [5.41, 5.74) is 4.60. The molecule has 0 spiro atoms. The molecule has 164 valence electrons. The van der Waals surface area contributed by atoms with Crippen LogP contribution in [0.2, 0.25) is 0 Å². The van der Waals surface area contributed by atoms with E-state index >= 15 is 0 Å². The second-order valence-corrected chi connectivity index (χ2v) is 10.9. The van der Waals surface area contributed by atoms with Crippen LogP contribution in [-0.2, 0) is 9.84 Å². The number of fused-ring (bicyclic) bond motifs is 2. The summed E-state index contributed by atoms with van der Waals surface area (Å²) in [5, 5.41) is 4.02. The zero-order valence-electron chi connectivity index (χ0n) is 17.9. The molecule has 0 unspecified atom stereocenters. The van der Waals surface area contributed by atoms with E-state index in [9.17, 15) is 13.2 Å². The Balaban J connectivity index is 1.55. The third kappa shape index (κ3) is 4.22. The number of nitrogens with one attached hydrogen (secondary N) is 1. The van der Waals surface area contributed by atoms with Crippen LogP contribution in [0, 0.1) is 6.92 Å². The first kappa shape index (κ1) is 21.2. The van der Waals surface area contributed by atoms with Gasteiger partial charge in [0, 0.05) is 17.2 Å². The van der Waals surface area contributed by atoms with E-state index in [4.69, 9.17) is 4.98 Å². The van der Waals surface area contributed by atoms with Crippen molar-refractivity contribution in [2.75, 3.05) is 11.6 Å². The summed E-state index contributed by atoms with van der Waals surface area (Å²) in [7, 11) is -3.33. The Hall–Kier alpha value is -3.62. The van der Waals surface area contributed by atoms with Crippen LogP contribution in [0.3, 0.4) is 0 Å². The highest BCUT2D eigenvalue weighted by molar-refractivity contribution is 7.90. The number of carbonyl (C=O) groups excluding carboxylic acids is 1. The van der Waals surface area contributed by atoms with Crippen LogP contribution in [0.1, 0.15) is 15.9 Å². The number of rotatable bonds is 4.